The van der Waals surface area contributed by atoms with Gasteiger partial charge in [0.25, 0.3) is 0 Å². The van der Waals surface area contributed by atoms with E-state index in [0.717, 1.165) is 11.1 Å². The third-order valence-electron chi connectivity index (χ3n) is 4.00. The van der Waals surface area contributed by atoms with Gasteiger partial charge in [-0.2, -0.15) is 0 Å². The molecule has 100 valence electrons. The third kappa shape index (κ3) is 1.86. The third-order valence-corrected chi connectivity index (χ3v) is 4.00. The van der Waals surface area contributed by atoms with E-state index in [1.807, 2.05) is 18.2 Å². The Bertz CT molecular complexity index is 940. The molecule has 0 aliphatic heterocycles. The maximum atomic E-state index is 6.27. The number of benzene rings is 4. The van der Waals surface area contributed by atoms with Gasteiger partial charge in [-0.25, -0.2) is 0 Å². The SMILES string of the molecule is Nc1cccc2c(-c3ccccc3)cc3ccccc3c12. The lowest BCUT2D eigenvalue weighted by atomic mass is 9.92. The van der Waals surface area contributed by atoms with Crippen molar-refractivity contribution in [3.63, 3.8) is 0 Å². The number of hydrogen-bond donors (Lipinski definition) is 1. The lowest BCUT2D eigenvalue weighted by Gasteiger charge is -2.12. The molecule has 0 spiro atoms. The normalized spacial score (nSPS) is 11.0. The molecule has 0 radical (unpaired) electrons. The molecule has 0 amide bonds. The number of nitrogen functional groups attached to an aromatic ring is 1. The first-order chi connectivity index (χ1) is 10.3. The Balaban J connectivity index is 2.22. The van der Waals surface area contributed by atoms with E-state index in [-0.39, 0.29) is 0 Å². The van der Waals surface area contributed by atoms with Gasteiger partial charge < -0.3 is 5.73 Å². The molecule has 1 nitrogen and oxygen atoms in total. The molecule has 0 heterocycles. The van der Waals surface area contributed by atoms with Crippen molar-refractivity contribution in [2.45, 2.75) is 0 Å². The van der Waals surface area contributed by atoms with Crippen LogP contribution < -0.4 is 5.73 Å². The van der Waals surface area contributed by atoms with E-state index < -0.39 is 0 Å². The first-order valence-electron chi connectivity index (χ1n) is 7.10. The van der Waals surface area contributed by atoms with Crippen molar-refractivity contribution >= 4 is 27.2 Å². The highest BCUT2D eigenvalue weighted by atomic mass is 14.5. The summed E-state index contributed by atoms with van der Waals surface area (Å²) in [5.74, 6) is 0. The summed E-state index contributed by atoms with van der Waals surface area (Å²) in [6.07, 6.45) is 0. The van der Waals surface area contributed by atoms with Crippen LogP contribution in [0.1, 0.15) is 0 Å². The first kappa shape index (κ1) is 12.0. The van der Waals surface area contributed by atoms with Crippen LogP contribution >= 0.6 is 0 Å². The van der Waals surface area contributed by atoms with Gasteiger partial charge >= 0.3 is 0 Å². The van der Waals surface area contributed by atoms with Crippen molar-refractivity contribution < 1.29 is 0 Å². The Morgan fingerprint density at radius 1 is 0.619 bits per heavy atom. The highest BCUT2D eigenvalue weighted by Gasteiger charge is 2.09. The molecule has 4 aromatic rings. The van der Waals surface area contributed by atoms with Crippen LogP contribution in [-0.2, 0) is 0 Å². The Morgan fingerprint density at radius 2 is 1.33 bits per heavy atom. The maximum absolute atomic E-state index is 6.27. The Morgan fingerprint density at radius 3 is 2.19 bits per heavy atom. The highest BCUT2D eigenvalue weighted by Crippen LogP contribution is 2.37. The standard InChI is InChI=1S/C20H15N/c21-19-12-6-11-17-18(14-7-2-1-3-8-14)13-15-9-4-5-10-16(15)20(17)19/h1-13H,21H2. The Hall–Kier alpha value is -2.80. The van der Waals surface area contributed by atoms with Crippen LogP contribution in [0.25, 0.3) is 32.7 Å². The molecule has 0 unspecified atom stereocenters. The van der Waals surface area contributed by atoms with Gasteiger partial charge in [-0.3, -0.25) is 0 Å². The number of nitrogens with two attached hydrogens (primary N) is 1. The topological polar surface area (TPSA) is 26.0 Å². The predicted octanol–water partition coefficient (Wildman–Crippen LogP) is 5.24. The van der Waals surface area contributed by atoms with Crippen molar-refractivity contribution in [1.82, 2.24) is 0 Å². The molecule has 4 rings (SSSR count). The van der Waals surface area contributed by atoms with Crippen LogP contribution in [0.15, 0.2) is 78.9 Å². The van der Waals surface area contributed by atoms with Crippen LogP contribution in [0.3, 0.4) is 0 Å². The van der Waals surface area contributed by atoms with Crippen LogP contribution in [0.2, 0.25) is 0 Å². The van der Waals surface area contributed by atoms with Gasteiger partial charge in [-0.15, -0.1) is 0 Å². The van der Waals surface area contributed by atoms with Gasteiger partial charge in [0.2, 0.25) is 0 Å². The van der Waals surface area contributed by atoms with Gasteiger partial charge in [0.05, 0.1) is 0 Å². The largest absolute Gasteiger partial charge is 0.398 e. The van der Waals surface area contributed by atoms with E-state index in [1.54, 1.807) is 0 Å². The molecule has 1 heteroatoms. The Labute approximate surface area is 123 Å². The fourth-order valence-corrected chi connectivity index (χ4v) is 3.04. The summed E-state index contributed by atoms with van der Waals surface area (Å²) in [5, 5.41) is 4.79. The molecule has 2 N–H and O–H groups in total. The zero-order valence-electron chi connectivity index (χ0n) is 11.6. The summed E-state index contributed by atoms with van der Waals surface area (Å²) in [6, 6.07) is 27.3. The zero-order chi connectivity index (χ0) is 14.2. The summed E-state index contributed by atoms with van der Waals surface area (Å²) in [7, 11) is 0. The second-order valence-electron chi connectivity index (χ2n) is 5.28. The molecular weight excluding hydrogens is 254 g/mol. The summed E-state index contributed by atoms with van der Waals surface area (Å²) >= 11 is 0. The van der Waals surface area contributed by atoms with Crippen LogP contribution in [0.4, 0.5) is 5.69 Å². The van der Waals surface area contributed by atoms with E-state index in [9.17, 15) is 0 Å². The smallest absolute Gasteiger partial charge is 0.0400 e. The zero-order valence-corrected chi connectivity index (χ0v) is 11.6. The van der Waals surface area contributed by atoms with Crippen LogP contribution in [-0.4, -0.2) is 0 Å². The van der Waals surface area contributed by atoms with Gasteiger partial charge in [0.1, 0.15) is 0 Å². The lowest BCUT2D eigenvalue weighted by molar-refractivity contribution is 1.66. The summed E-state index contributed by atoms with van der Waals surface area (Å²) in [6.45, 7) is 0. The molecule has 0 aliphatic carbocycles. The van der Waals surface area contributed by atoms with E-state index in [1.165, 1.54) is 27.3 Å². The van der Waals surface area contributed by atoms with Crippen LogP contribution in [0, 0.1) is 0 Å². The highest BCUT2D eigenvalue weighted by molar-refractivity contribution is 6.18. The second kappa shape index (κ2) is 4.64. The molecule has 21 heavy (non-hydrogen) atoms. The summed E-state index contributed by atoms with van der Waals surface area (Å²) in [4.78, 5) is 0. The van der Waals surface area contributed by atoms with Crippen molar-refractivity contribution in [2.75, 3.05) is 5.73 Å². The predicted molar refractivity (Wildman–Crippen MR) is 91.3 cm³/mol. The fourth-order valence-electron chi connectivity index (χ4n) is 3.04. The van der Waals surface area contributed by atoms with Gasteiger partial charge in [0.15, 0.2) is 0 Å². The van der Waals surface area contributed by atoms with Crippen molar-refractivity contribution in [3.05, 3.63) is 78.9 Å². The fraction of sp³-hybridized carbons (Fsp3) is 0. The Kier molecular flexibility index (Phi) is 2.65. The quantitative estimate of drug-likeness (QED) is 0.371. The second-order valence-corrected chi connectivity index (χ2v) is 5.28. The molecule has 0 bridgehead atoms. The minimum Gasteiger partial charge on any atom is -0.398 e. The molecule has 0 fully saturated rings. The molecule has 0 atom stereocenters. The van der Waals surface area contributed by atoms with E-state index in [2.05, 4.69) is 60.7 Å². The van der Waals surface area contributed by atoms with E-state index >= 15 is 0 Å². The van der Waals surface area contributed by atoms with Gasteiger partial charge in [-0.05, 0) is 39.4 Å². The van der Waals surface area contributed by atoms with E-state index in [4.69, 9.17) is 5.73 Å². The minimum atomic E-state index is 0.835. The molecule has 0 saturated carbocycles. The van der Waals surface area contributed by atoms with Gasteiger partial charge in [-0.1, -0.05) is 66.7 Å². The van der Waals surface area contributed by atoms with Crippen molar-refractivity contribution in [2.24, 2.45) is 0 Å². The maximum Gasteiger partial charge on any atom is 0.0400 e. The summed E-state index contributed by atoms with van der Waals surface area (Å²) < 4.78 is 0. The average Bonchev–Trinajstić information content (AvgIpc) is 2.55. The van der Waals surface area contributed by atoms with Crippen molar-refractivity contribution in [1.29, 1.82) is 0 Å². The molecule has 0 saturated heterocycles. The molecule has 4 aromatic carbocycles. The molecule has 0 aliphatic rings. The molecule has 0 aromatic heterocycles. The average molecular weight is 269 g/mol. The minimum absolute atomic E-state index is 0.835. The van der Waals surface area contributed by atoms with Crippen molar-refractivity contribution in [3.8, 4) is 11.1 Å². The number of fused-ring (bicyclic) bond motifs is 3. The van der Waals surface area contributed by atoms with E-state index in [0.29, 0.717) is 0 Å². The lowest BCUT2D eigenvalue weighted by Crippen LogP contribution is -1.90. The number of hydrogen-bond acceptors (Lipinski definition) is 1. The number of rotatable bonds is 1. The van der Waals surface area contributed by atoms with Crippen LogP contribution in [0.5, 0.6) is 0 Å². The number of anilines is 1. The summed E-state index contributed by atoms with van der Waals surface area (Å²) in [5.41, 5.74) is 9.56. The van der Waals surface area contributed by atoms with Gasteiger partial charge in [0, 0.05) is 11.1 Å². The molecular formula is C20H15N. The monoisotopic (exact) mass is 269 g/mol. The first-order valence-corrected chi connectivity index (χ1v) is 7.10.